The molecule has 2 aromatic carbocycles. The highest BCUT2D eigenvalue weighted by atomic mass is 19.1. The van der Waals surface area contributed by atoms with Crippen LogP contribution in [0.2, 0.25) is 0 Å². The molecule has 0 aliphatic heterocycles. The Morgan fingerprint density at radius 2 is 1.87 bits per heavy atom. The second kappa shape index (κ2) is 8.78. The second-order valence-electron chi connectivity index (χ2n) is 5.00. The number of hydrogen-bond acceptors (Lipinski definition) is 3. The van der Waals surface area contributed by atoms with Crippen molar-refractivity contribution in [3.63, 3.8) is 0 Å². The second-order valence-corrected chi connectivity index (χ2v) is 5.00. The van der Waals surface area contributed by atoms with Crippen LogP contribution in [0.4, 0.5) is 10.1 Å². The van der Waals surface area contributed by atoms with E-state index in [2.05, 4.69) is 10.6 Å². The molecule has 0 atom stereocenters. The Balaban J connectivity index is 1.69. The van der Waals surface area contributed by atoms with Gasteiger partial charge in [0.2, 0.25) is 5.91 Å². The Morgan fingerprint density at radius 3 is 2.57 bits per heavy atom. The Morgan fingerprint density at radius 1 is 1.13 bits per heavy atom. The van der Waals surface area contributed by atoms with Gasteiger partial charge in [-0.25, -0.2) is 4.39 Å². The number of rotatable bonds is 8. The fraction of sp³-hybridized carbons (Fsp3) is 0.278. The highest BCUT2D eigenvalue weighted by Crippen LogP contribution is 2.15. The molecule has 2 aromatic rings. The zero-order valence-electron chi connectivity index (χ0n) is 13.1. The third-order valence-corrected chi connectivity index (χ3v) is 3.28. The summed E-state index contributed by atoms with van der Waals surface area (Å²) in [6, 6.07) is 14.0. The van der Waals surface area contributed by atoms with E-state index in [0.717, 1.165) is 11.4 Å². The highest BCUT2D eigenvalue weighted by molar-refractivity contribution is 5.76. The molecular weight excluding hydrogens is 295 g/mol. The minimum Gasteiger partial charge on any atom is -0.494 e. The minimum absolute atomic E-state index is 0.119. The van der Waals surface area contributed by atoms with Crippen molar-refractivity contribution in [1.82, 2.24) is 5.32 Å². The monoisotopic (exact) mass is 316 g/mol. The molecule has 0 aromatic heterocycles. The number of carbonyl (C=O) groups excluding carboxylic acids is 1. The van der Waals surface area contributed by atoms with E-state index < -0.39 is 0 Å². The number of amides is 1. The number of hydrogen-bond donors (Lipinski definition) is 2. The predicted octanol–water partition coefficient (Wildman–Crippen LogP) is 3.34. The first-order valence-corrected chi connectivity index (χ1v) is 7.66. The van der Waals surface area contributed by atoms with Gasteiger partial charge in [0.1, 0.15) is 11.6 Å². The molecule has 4 nitrogen and oxygen atoms in total. The van der Waals surface area contributed by atoms with E-state index in [1.165, 1.54) is 6.07 Å². The van der Waals surface area contributed by atoms with E-state index >= 15 is 0 Å². The van der Waals surface area contributed by atoms with Gasteiger partial charge < -0.3 is 15.4 Å². The highest BCUT2D eigenvalue weighted by Gasteiger charge is 2.04. The molecule has 23 heavy (non-hydrogen) atoms. The molecule has 0 saturated carbocycles. The van der Waals surface area contributed by atoms with Gasteiger partial charge >= 0.3 is 0 Å². The summed E-state index contributed by atoms with van der Waals surface area (Å²) < 4.78 is 18.8. The first-order chi connectivity index (χ1) is 11.2. The Hall–Kier alpha value is -2.56. The molecule has 0 fully saturated rings. The van der Waals surface area contributed by atoms with E-state index in [1.807, 2.05) is 31.2 Å². The molecule has 0 unspecified atom stereocenters. The Kier molecular flexibility index (Phi) is 6.41. The van der Waals surface area contributed by atoms with Crippen molar-refractivity contribution in [2.24, 2.45) is 0 Å². The van der Waals surface area contributed by atoms with Crippen LogP contribution in [-0.4, -0.2) is 19.1 Å². The van der Waals surface area contributed by atoms with E-state index in [9.17, 15) is 9.18 Å². The van der Waals surface area contributed by atoms with Gasteiger partial charge in [0.15, 0.2) is 0 Å². The zero-order chi connectivity index (χ0) is 16.5. The summed E-state index contributed by atoms with van der Waals surface area (Å²) >= 11 is 0. The van der Waals surface area contributed by atoms with Crippen LogP contribution in [0.5, 0.6) is 5.75 Å². The molecule has 0 radical (unpaired) electrons. The van der Waals surface area contributed by atoms with Crippen molar-refractivity contribution in [3.8, 4) is 5.75 Å². The van der Waals surface area contributed by atoms with E-state index in [-0.39, 0.29) is 18.3 Å². The fourth-order valence-electron chi connectivity index (χ4n) is 2.08. The molecule has 0 saturated heterocycles. The molecule has 2 rings (SSSR count). The van der Waals surface area contributed by atoms with Gasteiger partial charge in [-0.2, -0.15) is 0 Å². The average Bonchev–Trinajstić information content (AvgIpc) is 2.56. The van der Waals surface area contributed by atoms with Crippen LogP contribution in [0.1, 0.15) is 18.9 Å². The molecule has 0 heterocycles. The number of halogens is 1. The van der Waals surface area contributed by atoms with Crippen molar-refractivity contribution in [2.75, 3.05) is 18.5 Å². The van der Waals surface area contributed by atoms with Gasteiger partial charge in [0.05, 0.1) is 6.61 Å². The summed E-state index contributed by atoms with van der Waals surface area (Å²) in [5, 5.41) is 5.88. The SMILES string of the molecule is CCOc1ccc(NCCC(=O)NCc2ccccc2F)cc1. The van der Waals surface area contributed by atoms with E-state index in [4.69, 9.17) is 4.74 Å². The number of benzene rings is 2. The molecule has 1 amide bonds. The van der Waals surface area contributed by atoms with Crippen LogP contribution in [0, 0.1) is 5.82 Å². The topological polar surface area (TPSA) is 50.4 Å². The van der Waals surface area contributed by atoms with Gasteiger partial charge in [-0.15, -0.1) is 0 Å². The maximum atomic E-state index is 13.4. The standard InChI is InChI=1S/C18H21FN2O2/c1-2-23-16-9-7-15(8-10-16)20-12-11-18(22)21-13-14-5-3-4-6-17(14)19/h3-10,20H,2,11-13H2,1H3,(H,21,22). The van der Waals surface area contributed by atoms with Gasteiger partial charge in [-0.3, -0.25) is 4.79 Å². The van der Waals surface area contributed by atoms with E-state index in [0.29, 0.717) is 25.1 Å². The molecule has 2 N–H and O–H groups in total. The Labute approximate surface area is 135 Å². The lowest BCUT2D eigenvalue weighted by molar-refractivity contribution is -0.121. The van der Waals surface area contributed by atoms with Crippen LogP contribution in [-0.2, 0) is 11.3 Å². The average molecular weight is 316 g/mol. The van der Waals surface area contributed by atoms with Crippen LogP contribution >= 0.6 is 0 Å². The summed E-state index contributed by atoms with van der Waals surface area (Å²) in [4.78, 5) is 11.8. The number of anilines is 1. The predicted molar refractivity (Wildman–Crippen MR) is 89.0 cm³/mol. The first kappa shape index (κ1) is 16.8. The summed E-state index contributed by atoms with van der Waals surface area (Å²) in [5.41, 5.74) is 1.41. The smallest absolute Gasteiger partial charge is 0.222 e. The van der Waals surface area contributed by atoms with E-state index in [1.54, 1.807) is 18.2 Å². The zero-order valence-corrected chi connectivity index (χ0v) is 13.1. The van der Waals surface area contributed by atoms with Crippen molar-refractivity contribution in [1.29, 1.82) is 0 Å². The lowest BCUT2D eigenvalue weighted by Gasteiger charge is -2.09. The van der Waals surface area contributed by atoms with Gasteiger partial charge in [0, 0.05) is 30.8 Å². The maximum absolute atomic E-state index is 13.4. The summed E-state index contributed by atoms with van der Waals surface area (Å²) in [5.74, 6) is 0.396. The molecule has 5 heteroatoms. The van der Waals surface area contributed by atoms with Gasteiger partial charge in [-0.1, -0.05) is 18.2 Å². The van der Waals surface area contributed by atoms with Gasteiger partial charge in [0.25, 0.3) is 0 Å². The number of ether oxygens (including phenoxy) is 1. The molecular formula is C18H21FN2O2. The van der Waals surface area contributed by atoms with Crippen LogP contribution in [0.3, 0.4) is 0 Å². The van der Waals surface area contributed by atoms with Crippen LogP contribution in [0.15, 0.2) is 48.5 Å². The number of carbonyl (C=O) groups is 1. The van der Waals surface area contributed by atoms with Crippen molar-refractivity contribution < 1.29 is 13.9 Å². The van der Waals surface area contributed by atoms with Crippen LogP contribution < -0.4 is 15.4 Å². The molecule has 0 bridgehead atoms. The quantitative estimate of drug-likeness (QED) is 0.785. The summed E-state index contributed by atoms with van der Waals surface area (Å²) in [6.45, 7) is 3.28. The molecule has 0 spiro atoms. The Bertz CT molecular complexity index is 629. The number of nitrogens with one attached hydrogen (secondary N) is 2. The largest absolute Gasteiger partial charge is 0.494 e. The third kappa shape index (κ3) is 5.62. The lowest BCUT2D eigenvalue weighted by Crippen LogP contribution is -2.25. The normalized spacial score (nSPS) is 10.2. The van der Waals surface area contributed by atoms with Crippen molar-refractivity contribution >= 4 is 11.6 Å². The van der Waals surface area contributed by atoms with Gasteiger partial charge in [-0.05, 0) is 37.3 Å². The lowest BCUT2D eigenvalue weighted by atomic mass is 10.2. The van der Waals surface area contributed by atoms with Crippen LogP contribution in [0.25, 0.3) is 0 Å². The minimum atomic E-state index is -0.305. The molecule has 0 aliphatic rings. The third-order valence-electron chi connectivity index (χ3n) is 3.28. The first-order valence-electron chi connectivity index (χ1n) is 7.66. The molecule has 0 aliphatic carbocycles. The fourth-order valence-corrected chi connectivity index (χ4v) is 2.08. The van der Waals surface area contributed by atoms with Crippen molar-refractivity contribution in [3.05, 3.63) is 59.9 Å². The molecule has 122 valence electrons. The summed E-state index contributed by atoms with van der Waals surface area (Å²) in [6.07, 6.45) is 0.321. The maximum Gasteiger partial charge on any atom is 0.222 e. The summed E-state index contributed by atoms with van der Waals surface area (Å²) in [7, 11) is 0. The van der Waals surface area contributed by atoms with Crippen molar-refractivity contribution in [2.45, 2.75) is 19.9 Å².